The molecule has 0 radical (unpaired) electrons. The lowest BCUT2D eigenvalue weighted by molar-refractivity contribution is -0.139. The predicted octanol–water partition coefficient (Wildman–Crippen LogP) is 4.51. The minimum Gasteiger partial charge on any atom is -0.352 e. The standard InChI is InChI=1S/C24H31BrClN3O4S/c1-6-17(3)27-24(31)18(4)28(14-19-9-7-8-10-22(19)26)23(30)15-29(34(5,32)33)20-11-12-21(25)16(2)13-20/h7-13,17-18H,6,14-15H2,1-5H3,(H,27,31)/t17-,18-/m1/s1. The quantitative estimate of drug-likeness (QED) is 0.454. The molecule has 186 valence electrons. The first-order chi connectivity index (χ1) is 15.8. The summed E-state index contributed by atoms with van der Waals surface area (Å²) in [5, 5.41) is 3.35. The molecule has 2 rings (SSSR count). The van der Waals surface area contributed by atoms with Crippen molar-refractivity contribution in [3.63, 3.8) is 0 Å². The molecular weight excluding hydrogens is 542 g/mol. The SMILES string of the molecule is CC[C@@H](C)NC(=O)[C@@H](C)N(Cc1ccccc1Cl)C(=O)CN(c1ccc(Br)c(C)c1)S(C)(=O)=O. The Labute approximate surface area is 215 Å². The van der Waals surface area contributed by atoms with Gasteiger partial charge in [0.2, 0.25) is 21.8 Å². The van der Waals surface area contributed by atoms with E-state index in [0.717, 1.165) is 27.0 Å². The highest BCUT2D eigenvalue weighted by Gasteiger charge is 2.30. The molecule has 0 aliphatic rings. The zero-order valence-corrected chi connectivity index (χ0v) is 23.2. The number of amides is 2. The maximum absolute atomic E-state index is 13.5. The molecule has 7 nitrogen and oxygen atoms in total. The van der Waals surface area contributed by atoms with Crippen molar-refractivity contribution in [2.45, 2.75) is 52.7 Å². The van der Waals surface area contributed by atoms with Crippen LogP contribution in [0.1, 0.15) is 38.3 Å². The molecule has 0 bridgehead atoms. The maximum atomic E-state index is 13.5. The largest absolute Gasteiger partial charge is 0.352 e. The molecule has 0 heterocycles. The number of rotatable bonds is 10. The number of anilines is 1. The smallest absolute Gasteiger partial charge is 0.244 e. The summed E-state index contributed by atoms with van der Waals surface area (Å²) in [6.07, 6.45) is 1.79. The fourth-order valence-electron chi connectivity index (χ4n) is 3.26. The number of hydrogen-bond acceptors (Lipinski definition) is 4. The molecular formula is C24H31BrClN3O4S. The molecule has 0 saturated carbocycles. The van der Waals surface area contributed by atoms with E-state index >= 15 is 0 Å². The number of sulfonamides is 1. The van der Waals surface area contributed by atoms with Crippen molar-refractivity contribution in [3.05, 3.63) is 63.1 Å². The summed E-state index contributed by atoms with van der Waals surface area (Å²) in [4.78, 5) is 27.8. The first-order valence-electron chi connectivity index (χ1n) is 10.9. The summed E-state index contributed by atoms with van der Waals surface area (Å²) in [5.74, 6) is -0.835. The third-order valence-corrected chi connectivity index (χ3v) is 7.97. The van der Waals surface area contributed by atoms with Gasteiger partial charge in [0.25, 0.3) is 0 Å². The van der Waals surface area contributed by atoms with Gasteiger partial charge in [0.15, 0.2) is 0 Å². The molecule has 2 atom stereocenters. The van der Waals surface area contributed by atoms with Crippen molar-refractivity contribution in [3.8, 4) is 0 Å². The van der Waals surface area contributed by atoms with Crippen molar-refractivity contribution in [2.24, 2.45) is 0 Å². The molecule has 0 aromatic heterocycles. The van der Waals surface area contributed by atoms with Crippen molar-refractivity contribution in [1.82, 2.24) is 10.2 Å². The second-order valence-corrected chi connectivity index (χ2v) is 11.5. The monoisotopic (exact) mass is 571 g/mol. The minimum absolute atomic E-state index is 0.0601. The van der Waals surface area contributed by atoms with Gasteiger partial charge in [-0.1, -0.05) is 52.7 Å². The predicted molar refractivity (Wildman–Crippen MR) is 140 cm³/mol. The molecule has 34 heavy (non-hydrogen) atoms. The van der Waals surface area contributed by atoms with Crippen molar-refractivity contribution in [2.75, 3.05) is 17.1 Å². The van der Waals surface area contributed by atoms with Gasteiger partial charge in [-0.15, -0.1) is 0 Å². The molecule has 2 aromatic rings. The highest BCUT2D eigenvalue weighted by atomic mass is 79.9. The first kappa shape index (κ1) is 28.1. The van der Waals surface area contributed by atoms with Gasteiger partial charge in [-0.3, -0.25) is 13.9 Å². The summed E-state index contributed by atoms with van der Waals surface area (Å²) < 4.78 is 27.1. The molecule has 0 saturated heterocycles. The van der Waals surface area contributed by atoms with Crippen LogP contribution in [-0.4, -0.2) is 50.0 Å². The van der Waals surface area contributed by atoms with E-state index in [1.807, 2.05) is 20.8 Å². The van der Waals surface area contributed by atoms with Gasteiger partial charge in [-0.2, -0.15) is 0 Å². The zero-order chi connectivity index (χ0) is 25.6. The van der Waals surface area contributed by atoms with Crippen LogP contribution in [0.2, 0.25) is 5.02 Å². The van der Waals surface area contributed by atoms with Crippen LogP contribution in [0.15, 0.2) is 46.9 Å². The Balaban J connectivity index is 2.42. The Morgan fingerprint density at radius 1 is 1.15 bits per heavy atom. The molecule has 2 amide bonds. The summed E-state index contributed by atoms with van der Waals surface area (Å²) in [7, 11) is -3.78. The molecule has 10 heteroatoms. The van der Waals surface area contributed by atoms with Crippen LogP contribution in [0.3, 0.4) is 0 Å². The lowest BCUT2D eigenvalue weighted by Gasteiger charge is -2.32. The number of carbonyl (C=O) groups excluding carboxylic acids is 2. The van der Waals surface area contributed by atoms with Gasteiger partial charge in [-0.05, 0) is 62.6 Å². The Morgan fingerprint density at radius 3 is 2.35 bits per heavy atom. The van der Waals surface area contributed by atoms with Crippen molar-refractivity contribution in [1.29, 1.82) is 0 Å². The van der Waals surface area contributed by atoms with Crippen LogP contribution in [0.4, 0.5) is 5.69 Å². The number of hydrogen-bond donors (Lipinski definition) is 1. The summed E-state index contributed by atoms with van der Waals surface area (Å²) in [6.45, 7) is 6.90. The molecule has 2 aromatic carbocycles. The fourth-order valence-corrected chi connectivity index (χ4v) is 4.54. The average molecular weight is 573 g/mol. The maximum Gasteiger partial charge on any atom is 0.244 e. The number of nitrogens with one attached hydrogen (secondary N) is 1. The number of halogens is 2. The fraction of sp³-hybridized carbons (Fsp3) is 0.417. The van der Waals surface area contributed by atoms with E-state index in [9.17, 15) is 18.0 Å². The van der Waals surface area contributed by atoms with E-state index in [1.165, 1.54) is 4.90 Å². The second-order valence-electron chi connectivity index (χ2n) is 8.31. The van der Waals surface area contributed by atoms with Gasteiger partial charge in [0.1, 0.15) is 12.6 Å². The van der Waals surface area contributed by atoms with E-state index in [4.69, 9.17) is 11.6 Å². The van der Waals surface area contributed by atoms with Crippen molar-refractivity contribution < 1.29 is 18.0 Å². The molecule has 0 aliphatic carbocycles. The van der Waals surface area contributed by atoms with E-state index in [1.54, 1.807) is 49.4 Å². The highest BCUT2D eigenvalue weighted by molar-refractivity contribution is 9.10. The van der Waals surface area contributed by atoms with E-state index in [0.29, 0.717) is 16.3 Å². The van der Waals surface area contributed by atoms with Gasteiger partial charge in [0.05, 0.1) is 11.9 Å². The van der Waals surface area contributed by atoms with Crippen LogP contribution in [0.25, 0.3) is 0 Å². The third kappa shape index (κ3) is 7.45. The molecule has 0 unspecified atom stereocenters. The second kappa shape index (κ2) is 12.0. The Morgan fingerprint density at radius 2 is 1.79 bits per heavy atom. The highest BCUT2D eigenvalue weighted by Crippen LogP contribution is 2.25. The normalized spacial score (nSPS) is 13.1. The Kier molecular flexibility index (Phi) is 9.96. The van der Waals surface area contributed by atoms with E-state index in [2.05, 4.69) is 21.2 Å². The summed E-state index contributed by atoms with van der Waals surface area (Å²) >= 11 is 9.73. The minimum atomic E-state index is -3.78. The van der Waals surface area contributed by atoms with E-state index in [-0.39, 0.29) is 18.5 Å². The molecule has 0 fully saturated rings. The van der Waals surface area contributed by atoms with Crippen molar-refractivity contribution >= 4 is 55.1 Å². The molecule has 1 N–H and O–H groups in total. The molecule has 0 aliphatic heterocycles. The van der Waals surface area contributed by atoms with Crippen LogP contribution < -0.4 is 9.62 Å². The van der Waals surface area contributed by atoms with Gasteiger partial charge >= 0.3 is 0 Å². The topological polar surface area (TPSA) is 86.8 Å². The lowest BCUT2D eigenvalue weighted by Crippen LogP contribution is -2.52. The van der Waals surface area contributed by atoms with Crippen LogP contribution in [0, 0.1) is 6.92 Å². The number of aryl methyl sites for hydroxylation is 1. The van der Waals surface area contributed by atoms with E-state index < -0.39 is 28.5 Å². The number of nitrogens with zero attached hydrogens (tertiary/aromatic N) is 2. The van der Waals surface area contributed by atoms with Gasteiger partial charge in [-0.25, -0.2) is 8.42 Å². The van der Waals surface area contributed by atoms with Crippen LogP contribution in [-0.2, 0) is 26.2 Å². The van der Waals surface area contributed by atoms with Crippen LogP contribution >= 0.6 is 27.5 Å². The summed E-state index contributed by atoms with van der Waals surface area (Å²) in [6, 6.07) is 11.2. The first-order valence-corrected chi connectivity index (χ1v) is 13.9. The summed E-state index contributed by atoms with van der Waals surface area (Å²) in [5.41, 5.74) is 1.85. The van der Waals surface area contributed by atoms with Gasteiger partial charge < -0.3 is 10.2 Å². The number of benzene rings is 2. The Bertz CT molecular complexity index is 1140. The Hall–Kier alpha value is -2.10. The number of carbonyl (C=O) groups is 2. The molecule has 0 spiro atoms. The van der Waals surface area contributed by atoms with Gasteiger partial charge in [0, 0.05) is 22.1 Å². The average Bonchev–Trinajstić information content (AvgIpc) is 2.77. The lowest BCUT2D eigenvalue weighted by atomic mass is 10.1. The third-order valence-electron chi connectivity index (χ3n) is 5.58. The zero-order valence-electron chi connectivity index (χ0n) is 20.0. The van der Waals surface area contributed by atoms with Crippen LogP contribution in [0.5, 0.6) is 0 Å².